The van der Waals surface area contributed by atoms with E-state index in [1.165, 1.54) is 0 Å². The third kappa shape index (κ3) is 0.958. The molecule has 10 heavy (non-hydrogen) atoms. The summed E-state index contributed by atoms with van der Waals surface area (Å²) >= 11 is 0. The van der Waals surface area contributed by atoms with Gasteiger partial charge in [-0.25, -0.2) is 4.79 Å². The highest BCUT2D eigenvalue weighted by atomic mass is 16.8. The predicted molar refractivity (Wildman–Crippen MR) is 35.7 cm³/mol. The van der Waals surface area contributed by atoms with Crippen LogP contribution in [0.4, 0.5) is 4.79 Å². The molecule has 1 fully saturated rings. The zero-order chi connectivity index (χ0) is 7.78. The van der Waals surface area contributed by atoms with Crippen LogP contribution in [0.2, 0.25) is 0 Å². The first-order chi connectivity index (χ1) is 4.58. The van der Waals surface area contributed by atoms with Crippen molar-refractivity contribution in [2.24, 2.45) is 0 Å². The Morgan fingerprint density at radius 3 is 2.50 bits per heavy atom. The molecule has 3 heteroatoms. The number of ether oxygens (including phenoxy) is 2. The minimum atomic E-state index is -0.545. The van der Waals surface area contributed by atoms with Crippen LogP contribution in [0.15, 0.2) is 0 Å². The van der Waals surface area contributed by atoms with Gasteiger partial charge in [0, 0.05) is 0 Å². The second-order valence-corrected chi connectivity index (χ2v) is 2.78. The summed E-state index contributed by atoms with van der Waals surface area (Å²) in [6, 6.07) is 0. The molecular weight excluding hydrogens is 132 g/mol. The lowest BCUT2D eigenvalue weighted by atomic mass is 9.98. The molecule has 0 aromatic rings. The van der Waals surface area contributed by atoms with Gasteiger partial charge in [-0.3, -0.25) is 0 Å². The van der Waals surface area contributed by atoms with E-state index in [1.807, 2.05) is 20.8 Å². The van der Waals surface area contributed by atoms with Gasteiger partial charge in [0.25, 0.3) is 0 Å². The lowest BCUT2D eigenvalue weighted by molar-refractivity contribution is 0.0490. The van der Waals surface area contributed by atoms with Gasteiger partial charge in [0.05, 0.1) is 0 Å². The van der Waals surface area contributed by atoms with E-state index in [0.717, 1.165) is 6.42 Å². The van der Waals surface area contributed by atoms with Crippen molar-refractivity contribution in [2.45, 2.75) is 38.9 Å². The summed E-state index contributed by atoms with van der Waals surface area (Å²) in [5.74, 6) is 0. The third-order valence-electron chi connectivity index (χ3n) is 2.15. The van der Waals surface area contributed by atoms with Gasteiger partial charge < -0.3 is 9.47 Å². The Kier molecular flexibility index (Phi) is 1.58. The lowest BCUT2D eigenvalue weighted by Crippen LogP contribution is -2.33. The molecule has 0 aromatic carbocycles. The monoisotopic (exact) mass is 144 g/mol. The van der Waals surface area contributed by atoms with Gasteiger partial charge in [0.2, 0.25) is 0 Å². The third-order valence-corrected chi connectivity index (χ3v) is 2.15. The number of carbonyl (C=O) groups is 1. The maximum Gasteiger partial charge on any atom is 0.509 e. The van der Waals surface area contributed by atoms with Gasteiger partial charge in [-0.2, -0.15) is 0 Å². The Labute approximate surface area is 60.3 Å². The van der Waals surface area contributed by atoms with E-state index in [0.29, 0.717) is 0 Å². The predicted octanol–water partition coefficient (Wildman–Crippen LogP) is 1.71. The summed E-state index contributed by atoms with van der Waals surface area (Å²) < 4.78 is 9.76. The van der Waals surface area contributed by atoms with Crippen LogP contribution in [0.25, 0.3) is 0 Å². The molecule has 1 rings (SSSR count). The van der Waals surface area contributed by atoms with Crippen LogP contribution in [0.1, 0.15) is 27.2 Å². The molecule has 1 aliphatic rings. The van der Waals surface area contributed by atoms with Gasteiger partial charge >= 0.3 is 6.16 Å². The van der Waals surface area contributed by atoms with E-state index in [9.17, 15) is 4.79 Å². The quantitative estimate of drug-likeness (QED) is 0.525. The molecule has 2 atom stereocenters. The minimum absolute atomic E-state index is 0.120. The Hall–Kier alpha value is -0.730. The second kappa shape index (κ2) is 2.15. The van der Waals surface area contributed by atoms with E-state index in [2.05, 4.69) is 0 Å². The van der Waals surface area contributed by atoms with Crippen LogP contribution < -0.4 is 0 Å². The van der Waals surface area contributed by atoms with Crippen molar-refractivity contribution in [2.75, 3.05) is 0 Å². The highest BCUT2D eigenvalue weighted by Gasteiger charge is 2.43. The lowest BCUT2D eigenvalue weighted by Gasteiger charge is -2.21. The first kappa shape index (κ1) is 7.38. The van der Waals surface area contributed by atoms with Gasteiger partial charge in [-0.1, -0.05) is 6.92 Å². The average molecular weight is 144 g/mol. The zero-order valence-electron chi connectivity index (χ0n) is 6.51. The van der Waals surface area contributed by atoms with Crippen molar-refractivity contribution in [3.05, 3.63) is 0 Å². The number of rotatable bonds is 1. The van der Waals surface area contributed by atoms with Crippen LogP contribution in [0.3, 0.4) is 0 Å². The van der Waals surface area contributed by atoms with Crippen LogP contribution in [-0.4, -0.2) is 17.9 Å². The highest BCUT2D eigenvalue weighted by Crippen LogP contribution is 2.29. The summed E-state index contributed by atoms with van der Waals surface area (Å²) in [4.78, 5) is 10.6. The van der Waals surface area contributed by atoms with Crippen LogP contribution >= 0.6 is 0 Å². The minimum Gasteiger partial charge on any atom is -0.427 e. The SMILES string of the molecule is CC[C@]1(C)OC(=O)O[C@@H]1C. The maximum atomic E-state index is 10.6. The van der Waals surface area contributed by atoms with E-state index in [4.69, 9.17) is 9.47 Å². The summed E-state index contributed by atoms with van der Waals surface area (Å²) in [6.45, 7) is 5.69. The second-order valence-electron chi connectivity index (χ2n) is 2.78. The van der Waals surface area contributed by atoms with Crippen molar-refractivity contribution in [1.82, 2.24) is 0 Å². The van der Waals surface area contributed by atoms with Crippen molar-refractivity contribution in [3.63, 3.8) is 0 Å². The number of hydrogen-bond donors (Lipinski definition) is 0. The largest absolute Gasteiger partial charge is 0.509 e. The van der Waals surface area contributed by atoms with Gasteiger partial charge in [-0.05, 0) is 20.3 Å². The Bertz CT molecular complexity index is 155. The van der Waals surface area contributed by atoms with Gasteiger partial charge in [-0.15, -0.1) is 0 Å². The molecule has 0 bridgehead atoms. The zero-order valence-corrected chi connectivity index (χ0v) is 6.51. The number of carbonyl (C=O) groups excluding carboxylic acids is 1. The average Bonchev–Trinajstić information content (AvgIpc) is 2.09. The molecule has 3 nitrogen and oxygen atoms in total. The molecule has 0 aromatic heterocycles. The van der Waals surface area contributed by atoms with Gasteiger partial charge in [0.1, 0.15) is 11.7 Å². The van der Waals surface area contributed by atoms with Crippen molar-refractivity contribution < 1.29 is 14.3 Å². The Morgan fingerprint density at radius 2 is 2.30 bits per heavy atom. The molecular formula is C7H12O3. The normalized spacial score (nSPS) is 39.1. The Balaban J connectivity index is 2.70. The topological polar surface area (TPSA) is 35.5 Å². The molecule has 1 saturated heterocycles. The van der Waals surface area contributed by atoms with E-state index >= 15 is 0 Å². The van der Waals surface area contributed by atoms with Crippen LogP contribution in [-0.2, 0) is 9.47 Å². The summed E-state index contributed by atoms with van der Waals surface area (Å²) in [6.07, 6.45) is 0.127. The fourth-order valence-corrected chi connectivity index (χ4v) is 0.926. The summed E-state index contributed by atoms with van der Waals surface area (Å²) in [5.41, 5.74) is -0.406. The maximum absolute atomic E-state index is 10.6. The van der Waals surface area contributed by atoms with E-state index in [-0.39, 0.29) is 6.10 Å². The molecule has 58 valence electrons. The molecule has 0 aliphatic carbocycles. The Morgan fingerprint density at radius 1 is 1.70 bits per heavy atom. The first-order valence-electron chi connectivity index (χ1n) is 3.48. The molecule has 0 N–H and O–H groups in total. The first-order valence-corrected chi connectivity index (χ1v) is 3.48. The molecule has 1 aliphatic heterocycles. The van der Waals surface area contributed by atoms with Crippen molar-refractivity contribution in [1.29, 1.82) is 0 Å². The number of hydrogen-bond acceptors (Lipinski definition) is 3. The van der Waals surface area contributed by atoms with Crippen LogP contribution in [0, 0.1) is 0 Å². The van der Waals surface area contributed by atoms with Gasteiger partial charge in [0.15, 0.2) is 0 Å². The number of cyclic esters (lactones) is 2. The standard InChI is InChI=1S/C7H12O3/c1-4-7(3)5(2)9-6(8)10-7/h5H,4H2,1-3H3/t5-,7+/m1/s1. The van der Waals surface area contributed by atoms with E-state index in [1.54, 1.807) is 0 Å². The summed E-state index contributed by atoms with van der Waals surface area (Å²) in [5, 5.41) is 0. The molecule has 0 unspecified atom stereocenters. The van der Waals surface area contributed by atoms with Crippen molar-refractivity contribution >= 4 is 6.16 Å². The summed E-state index contributed by atoms with van der Waals surface area (Å²) in [7, 11) is 0. The van der Waals surface area contributed by atoms with Crippen LogP contribution in [0.5, 0.6) is 0 Å². The molecule has 0 radical (unpaired) electrons. The molecule has 0 amide bonds. The fraction of sp³-hybridized carbons (Fsp3) is 0.857. The molecule has 0 spiro atoms. The smallest absolute Gasteiger partial charge is 0.427 e. The molecule has 0 saturated carbocycles. The van der Waals surface area contributed by atoms with Crippen molar-refractivity contribution in [3.8, 4) is 0 Å². The highest BCUT2D eigenvalue weighted by molar-refractivity contribution is 5.63. The fourth-order valence-electron chi connectivity index (χ4n) is 0.926. The molecule has 1 heterocycles. The van der Waals surface area contributed by atoms with E-state index < -0.39 is 11.8 Å².